The van der Waals surface area contributed by atoms with E-state index in [0.717, 1.165) is 69.4 Å². The molecule has 0 heterocycles. The summed E-state index contributed by atoms with van der Waals surface area (Å²) in [7, 11) is 0. The normalized spacial score (nSPS) is 12.0. The molecular weight excluding hydrogens is 374 g/mol. The first-order valence-electron chi connectivity index (χ1n) is 11.9. The van der Waals surface area contributed by atoms with Crippen LogP contribution in [0, 0.1) is 0 Å². The zero-order chi connectivity index (χ0) is 22.6. The van der Waals surface area contributed by atoms with Gasteiger partial charge in [0.2, 0.25) is 5.91 Å². The fourth-order valence-electron chi connectivity index (χ4n) is 2.95. The van der Waals surface area contributed by atoms with E-state index in [1.807, 2.05) is 12.1 Å². The lowest BCUT2D eigenvalue weighted by Crippen LogP contribution is -2.28. The second-order valence-corrected chi connectivity index (χ2v) is 9.46. The van der Waals surface area contributed by atoms with Crippen LogP contribution in [0.2, 0.25) is 0 Å². The van der Waals surface area contributed by atoms with Gasteiger partial charge in [-0.15, -0.1) is 0 Å². The van der Waals surface area contributed by atoms with Crippen molar-refractivity contribution in [1.82, 2.24) is 5.32 Å². The maximum Gasteiger partial charge on any atom is 0.219 e. The molecule has 0 atom stereocenters. The first-order valence-corrected chi connectivity index (χ1v) is 11.9. The molecule has 0 bridgehead atoms. The van der Waals surface area contributed by atoms with Crippen LogP contribution in [-0.2, 0) is 11.2 Å². The van der Waals surface area contributed by atoms with Gasteiger partial charge in [-0.1, -0.05) is 39.7 Å². The Morgan fingerprint density at radius 3 is 2.20 bits per heavy atom. The second kappa shape index (κ2) is 12.9. The van der Waals surface area contributed by atoms with Crippen molar-refractivity contribution < 1.29 is 14.3 Å². The SMILES string of the molecule is CCCCCC(=O)NCCCCc1ccc(OC(C)(C)CC)cc1OC(C)(C)CC. The van der Waals surface area contributed by atoms with Crippen molar-refractivity contribution in [1.29, 1.82) is 0 Å². The summed E-state index contributed by atoms with van der Waals surface area (Å²) in [6, 6.07) is 6.22. The van der Waals surface area contributed by atoms with E-state index in [2.05, 4.69) is 59.8 Å². The van der Waals surface area contributed by atoms with Crippen LogP contribution >= 0.6 is 0 Å². The molecule has 0 aliphatic carbocycles. The summed E-state index contributed by atoms with van der Waals surface area (Å²) in [5.41, 5.74) is 0.779. The lowest BCUT2D eigenvalue weighted by molar-refractivity contribution is -0.121. The first kappa shape index (κ1) is 26.3. The molecule has 0 aromatic heterocycles. The lowest BCUT2D eigenvalue weighted by atomic mass is 10.0. The number of benzene rings is 1. The Hall–Kier alpha value is -1.71. The number of nitrogens with one attached hydrogen (secondary N) is 1. The highest BCUT2D eigenvalue weighted by Crippen LogP contribution is 2.32. The second-order valence-electron chi connectivity index (χ2n) is 9.46. The molecule has 0 saturated carbocycles. The Morgan fingerprint density at radius 1 is 0.900 bits per heavy atom. The summed E-state index contributed by atoms with van der Waals surface area (Å²) in [4.78, 5) is 11.8. The molecule has 0 saturated heterocycles. The molecule has 172 valence electrons. The third kappa shape index (κ3) is 10.4. The molecule has 0 fully saturated rings. The van der Waals surface area contributed by atoms with E-state index >= 15 is 0 Å². The standard InChI is InChI=1S/C26H45NO3/c1-8-11-12-16-24(28)27-19-14-13-15-21-17-18-22(29-25(4,5)9-2)20-23(21)30-26(6,7)10-3/h17-18,20H,8-16,19H2,1-7H3,(H,27,28). The van der Waals surface area contributed by atoms with Crippen molar-refractivity contribution in [3.63, 3.8) is 0 Å². The van der Waals surface area contributed by atoms with Crippen molar-refractivity contribution in [3.8, 4) is 11.5 Å². The highest BCUT2D eigenvalue weighted by molar-refractivity contribution is 5.75. The maximum absolute atomic E-state index is 11.8. The van der Waals surface area contributed by atoms with Crippen LogP contribution in [0.5, 0.6) is 11.5 Å². The van der Waals surface area contributed by atoms with Gasteiger partial charge in [-0.3, -0.25) is 4.79 Å². The minimum absolute atomic E-state index is 0.178. The fraction of sp³-hybridized carbons (Fsp3) is 0.731. The number of aryl methyl sites for hydroxylation is 1. The number of hydrogen-bond donors (Lipinski definition) is 1. The number of amides is 1. The molecule has 0 unspecified atom stereocenters. The topological polar surface area (TPSA) is 47.6 Å². The summed E-state index contributed by atoms with van der Waals surface area (Å²) in [5, 5.41) is 3.04. The van der Waals surface area contributed by atoms with E-state index < -0.39 is 0 Å². The van der Waals surface area contributed by atoms with Crippen molar-refractivity contribution in [2.45, 2.75) is 117 Å². The molecule has 1 aromatic carbocycles. The van der Waals surface area contributed by atoms with Gasteiger partial charge >= 0.3 is 0 Å². The van der Waals surface area contributed by atoms with Crippen LogP contribution in [0.4, 0.5) is 0 Å². The van der Waals surface area contributed by atoms with E-state index in [-0.39, 0.29) is 17.1 Å². The van der Waals surface area contributed by atoms with Gasteiger partial charge in [0.25, 0.3) is 0 Å². The molecule has 0 radical (unpaired) electrons. The van der Waals surface area contributed by atoms with Crippen LogP contribution in [-0.4, -0.2) is 23.7 Å². The molecule has 4 heteroatoms. The monoisotopic (exact) mass is 419 g/mol. The van der Waals surface area contributed by atoms with Crippen LogP contribution in [0.1, 0.15) is 105 Å². The lowest BCUT2D eigenvalue weighted by Gasteiger charge is -2.29. The average molecular weight is 420 g/mol. The van der Waals surface area contributed by atoms with E-state index in [0.29, 0.717) is 6.42 Å². The van der Waals surface area contributed by atoms with Gasteiger partial charge in [0.1, 0.15) is 22.7 Å². The Labute approximate surface area is 185 Å². The minimum Gasteiger partial charge on any atom is -0.488 e. The Balaban J connectivity index is 2.67. The van der Waals surface area contributed by atoms with Crippen LogP contribution in [0.3, 0.4) is 0 Å². The number of unbranched alkanes of at least 4 members (excludes halogenated alkanes) is 3. The molecule has 0 aliphatic heterocycles. The molecule has 0 spiro atoms. The van der Waals surface area contributed by atoms with Crippen molar-refractivity contribution in [3.05, 3.63) is 23.8 Å². The molecule has 1 rings (SSSR count). The average Bonchev–Trinajstić information content (AvgIpc) is 2.69. The van der Waals surface area contributed by atoms with Crippen molar-refractivity contribution >= 4 is 5.91 Å². The highest BCUT2D eigenvalue weighted by atomic mass is 16.5. The van der Waals surface area contributed by atoms with Gasteiger partial charge in [-0.2, -0.15) is 0 Å². The van der Waals surface area contributed by atoms with Crippen LogP contribution < -0.4 is 14.8 Å². The number of ether oxygens (including phenoxy) is 2. The predicted molar refractivity (Wildman–Crippen MR) is 127 cm³/mol. The number of carbonyl (C=O) groups is 1. The molecule has 4 nitrogen and oxygen atoms in total. The summed E-state index contributed by atoms with van der Waals surface area (Å²) in [5.74, 6) is 1.94. The van der Waals surface area contributed by atoms with Gasteiger partial charge in [0, 0.05) is 19.0 Å². The maximum atomic E-state index is 11.8. The van der Waals surface area contributed by atoms with E-state index in [9.17, 15) is 4.79 Å². The van der Waals surface area contributed by atoms with Gasteiger partial charge in [-0.25, -0.2) is 0 Å². The molecule has 1 aromatic rings. The number of hydrogen-bond acceptors (Lipinski definition) is 3. The molecule has 1 N–H and O–H groups in total. The summed E-state index contributed by atoms with van der Waals surface area (Å²) in [6.45, 7) is 15.6. The highest BCUT2D eigenvalue weighted by Gasteiger charge is 2.21. The Morgan fingerprint density at radius 2 is 1.57 bits per heavy atom. The summed E-state index contributed by atoms with van der Waals surface area (Å²) in [6.07, 6.45) is 8.69. The predicted octanol–water partition coefficient (Wildman–Crippen LogP) is 6.84. The van der Waals surface area contributed by atoms with E-state index in [1.165, 1.54) is 5.56 Å². The quantitative estimate of drug-likeness (QED) is 0.317. The van der Waals surface area contributed by atoms with Gasteiger partial charge in [0.05, 0.1) is 0 Å². The molecule has 0 aliphatic rings. The van der Waals surface area contributed by atoms with E-state index in [1.54, 1.807) is 0 Å². The third-order valence-corrected chi connectivity index (χ3v) is 5.72. The Kier molecular flexibility index (Phi) is 11.3. The minimum atomic E-state index is -0.222. The number of carbonyl (C=O) groups excluding carboxylic acids is 1. The van der Waals surface area contributed by atoms with Crippen molar-refractivity contribution in [2.75, 3.05) is 6.54 Å². The fourth-order valence-corrected chi connectivity index (χ4v) is 2.95. The number of rotatable bonds is 15. The molecular formula is C26H45NO3. The van der Waals surface area contributed by atoms with Crippen molar-refractivity contribution in [2.24, 2.45) is 0 Å². The van der Waals surface area contributed by atoms with Gasteiger partial charge in [0.15, 0.2) is 0 Å². The Bertz CT molecular complexity index is 637. The molecule has 1 amide bonds. The zero-order valence-electron chi connectivity index (χ0n) is 20.5. The summed E-state index contributed by atoms with van der Waals surface area (Å²) < 4.78 is 12.5. The van der Waals surface area contributed by atoms with Crippen LogP contribution in [0.15, 0.2) is 18.2 Å². The first-order chi connectivity index (χ1) is 14.1. The zero-order valence-corrected chi connectivity index (χ0v) is 20.5. The third-order valence-electron chi connectivity index (χ3n) is 5.72. The molecule has 30 heavy (non-hydrogen) atoms. The van der Waals surface area contributed by atoms with Gasteiger partial charge in [-0.05, 0) is 77.8 Å². The largest absolute Gasteiger partial charge is 0.488 e. The van der Waals surface area contributed by atoms with E-state index in [4.69, 9.17) is 9.47 Å². The van der Waals surface area contributed by atoms with Crippen LogP contribution in [0.25, 0.3) is 0 Å². The smallest absolute Gasteiger partial charge is 0.219 e. The summed E-state index contributed by atoms with van der Waals surface area (Å²) >= 11 is 0. The van der Waals surface area contributed by atoms with Gasteiger partial charge < -0.3 is 14.8 Å².